The fraction of sp³-hybridized carbons (Fsp3) is 0.136. The first-order chi connectivity index (χ1) is 24.7. The Bertz CT molecular complexity index is 2830. The number of nitrogens with zero attached hydrogens (tertiary/aromatic N) is 4. The van der Waals surface area contributed by atoms with Gasteiger partial charge < -0.3 is 9.47 Å². The number of nitriles is 2. The SMILES string of the molecule is N#Cc1cc(N2c3ccccc3C3CC4c5ccccc5SC4CC32)c(-n2c3ccccc3c3cc4c(cc32)sc2ccccc24)cc1C#N. The number of anilines is 2. The molecule has 2 aliphatic heterocycles. The van der Waals surface area contributed by atoms with Gasteiger partial charge in [0.1, 0.15) is 12.1 Å². The molecule has 6 aromatic carbocycles. The third kappa shape index (κ3) is 3.81. The van der Waals surface area contributed by atoms with Gasteiger partial charge in [0.2, 0.25) is 0 Å². The summed E-state index contributed by atoms with van der Waals surface area (Å²) in [5.74, 6) is 0.895. The van der Waals surface area contributed by atoms with E-state index in [1.54, 1.807) is 0 Å². The molecule has 0 amide bonds. The summed E-state index contributed by atoms with van der Waals surface area (Å²) in [4.78, 5) is 3.96. The molecule has 236 valence electrons. The maximum Gasteiger partial charge on any atom is 0.101 e. The first kappa shape index (κ1) is 28.3. The van der Waals surface area contributed by atoms with Crippen molar-refractivity contribution in [3.8, 4) is 17.8 Å². The van der Waals surface area contributed by atoms with Gasteiger partial charge in [-0.15, -0.1) is 23.1 Å². The van der Waals surface area contributed by atoms with Crippen LogP contribution in [0.15, 0.2) is 126 Å². The number of thiophene rings is 1. The van der Waals surface area contributed by atoms with Gasteiger partial charge in [0.05, 0.1) is 33.5 Å². The van der Waals surface area contributed by atoms with Crippen LogP contribution in [0.2, 0.25) is 0 Å². The fourth-order valence-corrected chi connectivity index (χ4v) is 12.0. The van der Waals surface area contributed by atoms with Crippen LogP contribution in [0.3, 0.4) is 0 Å². The first-order valence-corrected chi connectivity index (χ1v) is 18.9. The lowest BCUT2D eigenvalue weighted by atomic mass is 9.74. The topological polar surface area (TPSA) is 55.8 Å². The molecule has 8 aromatic rings. The van der Waals surface area contributed by atoms with Crippen LogP contribution >= 0.6 is 23.1 Å². The van der Waals surface area contributed by atoms with Gasteiger partial charge >= 0.3 is 0 Å². The van der Waals surface area contributed by atoms with E-state index in [4.69, 9.17) is 0 Å². The normalized spacial score (nSPS) is 20.5. The van der Waals surface area contributed by atoms with Crippen molar-refractivity contribution in [2.75, 3.05) is 4.90 Å². The van der Waals surface area contributed by atoms with Crippen molar-refractivity contribution in [2.45, 2.75) is 40.9 Å². The van der Waals surface area contributed by atoms with E-state index in [1.165, 1.54) is 52.7 Å². The first-order valence-electron chi connectivity index (χ1n) is 17.2. The average molecular weight is 677 g/mol. The summed E-state index contributed by atoms with van der Waals surface area (Å²) in [6.45, 7) is 0. The van der Waals surface area contributed by atoms with Gasteiger partial charge in [-0.3, -0.25) is 0 Å². The van der Waals surface area contributed by atoms with Gasteiger partial charge in [0.25, 0.3) is 0 Å². The predicted molar refractivity (Wildman–Crippen MR) is 206 cm³/mol. The Morgan fingerprint density at radius 1 is 0.560 bits per heavy atom. The zero-order valence-corrected chi connectivity index (χ0v) is 28.5. The molecule has 1 saturated carbocycles. The Morgan fingerprint density at radius 2 is 1.28 bits per heavy atom. The number of hydrogen-bond donors (Lipinski definition) is 0. The highest BCUT2D eigenvalue weighted by atomic mass is 32.2. The molecule has 4 unspecified atom stereocenters. The molecule has 0 bridgehead atoms. The van der Waals surface area contributed by atoms with E-state index >= 15 is 0 Å². The van der Waals surface area contributed by atoms with Crippen molar-refractivity contribution in [1.82, 2.24) is 4.57 Å². The molecule has 0 radical (unpaired) electrons. The minimum absolute atomic E-state index is 0.232. The number of fused-ring (bicyclic) bond motifs is 12. The Hall–Kier alpha value is -5.53. The minimum Gasteiger partial charge on any atom is -0.336 e. The zero-order valence-electron chi connectivity index (χ0n) is 26.9. The summed E-state index contributed by atoms with van der Waals surface area (Å²) in [6, 6.07) is 48.7. The van der Waals surface area contributed by atoms with Crippen molar-refractivity contribution in [2.24, 2.45) is 0 Å². The molecule has 11 rings (SSSR count). The van der Waals surface area contributed by atoms with Crippen molar-refractivity contribution in [1.29, 1.82) is 10.5 Å². The van der Waals surface area contributed by atoms with E-state index in [-0.39, 0.29) is 6.04 Å². The van der Waals surface area contributed by atoms with E-state index in [9.17, 15) is 10.5 Å². The highest BCUT2D eigenvalue weighted by Gasteiger charge is 2.50. The van der Waals surface area contributed by atoms with Gasteiger partial charge in [0, 0.05) is 58.7 Å². The van der Waals surface area contributed by atoms with E-state index < -0.39 is 0 Å². The van der Waals surface area contributed by atoms with Gasteiger partial charge in [-0.1, -0.05) is 72.8 Å². The highest BCUT2D eigenvalue weighted by Crippen LogP contribution is 2.61. The van der Waals surface area contributed by atoms with Gasteiger partial charge in [0.15, 0.2) is 0 Å². The molecule has 0 spiro atoms. The van der Waals surface area contributed by atoms with Crippen molar-refractivity contribution < 1.29 is 0 Å². The molecule has 1 aliphatic carbocycles. The summed E-state index contributed by atoms with van der Waals surface area (Å²) in [5.41, 5.74) is 9.03. The molecule has 6 heteroatoms. The number of benzene rings is 6. The lowest BCUT2D eigenvalue weighted by Crippen LogP contribution is -2.39. The summed E-state index contributed by atoms with van der Waals surface area (Å²) in [6.07, 6.45) is 2.14. The molecule has 0 N–H and O–H groups in total. The smallest absolute Gasteiger partial charge is 0.101 e. The third-order valence-electron chi connectivity index (χ3n) is 11.4. The van der Waals surface area contributed by atoms with Gasteiger partial charge in [-0.25, -0.2) is 0 Å². The van der Waals surface area contributed by atoms with Gasteiger partial charge in [-0.05, 0) is 78.4 Å². The van der Waals surface area contributed by atoms with Gasteiger partial charge in [-0.2, -0.15) is 10.5 Å². The van der Waals surface area contributed by atoms with E-state index in [1.807, 2.05) is 35.2 Å². The van der Waals surface area contributed by atoms with Crippen LogP contribution < -0.4 is 4.90 Å². The lowest BCUT2D eigenvalue weighted by Gasteiger charge is -2.40. The Kier molecular flexibility index (Phi) is 5.94. The van der Waals surface area contributed by atoms with Crippen LogP contribution in [0.5, 0.6) is 0 Å². The fourth-order valence-electron chi connectivity index (χ4n) is 9.37. The molecule has 4 atom stereocenters. The molecular formula is C44H28N4S2. The summed E-state index contributed by atoms with van der Waals surface area (Å²) in [5, 5.41) is 26.2. The van der Waals surface area contributed by atoms with Crippen molar-refractivity contribution in [3.63, 3.8) is 0 Å². The van der Waals surface area contributed by atoms with Crippen LogP contribution in [0.4, 0.5) is 11.4 Å². The molecule has 1 fully saturated rings. The van der Waals surface area contributed by atoms with Crippen LogP contribution in [0, 0.1) is 22.7 Å². The summed E-state index contributed by atoms with van der Waals surface area (Å²) in [7, 11) is 0. The monoisotopic (exact) mass is 676 g/mol. The van der Waals surface area contributed by atoms with E-state index in [0.29, 0.717) is 28.2 Å². The number of aromatic nitrogens is 1. The molecule has 4 heterocycles. The minimum atomic E-state index is 0.232. The van der Waals surface area contributed by atoms with Crippen LogP contribution in [0.25, 0.3) is 47.7 Å². The highest BCUT2D eigenvalue weighted by molar-refractivity contribution is 8.00. The lowest BCUT2D eigenvalue weighted by molar-refractivity contribution is 0.374. The van der Waals surface area contributed by atoms with Crippen LogP contribution in [-0.4, -0.2) is 15.9 Å². The Balaban J connectivity index is 1.18. The standard InChI is InChI=1S/C44H28N4S2/c45-23-25-17-39(47-35-13-5-1-9-27(35)31-19-33-29-11-3-7-15-41(29)49-43(33)21-37(31)47)40(18-26(25)24-46)48-36-14-6-2-10-28(36)32-20-34-30-12-4-8-16-42(30)50-44(34)22-38(32)48/h1-19,21,32,34,38,44H,20,22H2. The van der Waals surface area contributed by atoms with Crippen LogP contribution in [-0.2, 0) is 0 Å². The number of para-hydroxylation sites is 2. The maximum absolute atomic E-state index is 10.4. The molecule has 2 aromatic heterocycles. The zero-order chi connectivity index (χ0) is 33.1. The second-order valence-corrected chi connectivity index (χ2v) is 16.2. The van der Waals surface area contributed by atoms with E-state index in [2.05, 4.69) is 131 Å². The third-order valence-corrected chi connectivity index (χ3v) is 14.0. The molecule has 0 saturated heterocycles. The Morgan fingerprint density at radius 3 is 2.14 bits per heavy atom. The average Bonchev–Trinajstić information content (AvgIpc) is 3.89. The number of rotatable bonds is 2. The van der Waals surface area contributed by atoms with Crippen LogP contribution in [0.1, 0.15) is 46.9 Å². The molecule has 3 aliphatic rings. The quantitative estimate of drug-likeness (QED) is 0.183. The predicted octanol–water partition coefficient (Wildman–Crippen LogP) is 11.6. The largest absolute Gasteiger partial charge is 0.336 e. The molecule has 4 nitrogen and oxygen atoms in total. The summed E-state index contributed by atoms with van der Waals surface area (Å²) < 4.78 is 4.87. The maximum atomic E-state index is 10.4. The molecular weight excluding hydrogens is 649 g/mol. The second-order valence-electron chi connectivity index (χ2n) is 13.8. The van der Waals surface area contributed by atoms with E-state index in [0.717, 1.165) is 35.2 Å². The summed E-state index contributed by atoms with van der Waals surface area (Å²) >= 11 is 3.86. The Labute approximate surface area is 297 Å². The van der Waals surface area contributed by atoms with Crippen molar-refractivity contribution >= 4 is 76.5 Å². The van der Waals surface area contributed by atoms with Crippen molar-refractivity contribution in [3.05, 3.63) is 144 Å². The molecule has 50 heavy (non-hydrogen) atoms. The number of thioether (sulfide) groups is 1. The number of hydrogen-bond acceptors (Lipinski definition) is 5. The second kappa shape index (κ2) is 10.5.